The molecule has 2 heterocycles. The normalized spacial score (nSPS) is 10.5. The summed E-state index contributed by atoms with van der Waals surface area (Å²) in [6.45, 7) is 0. The molecule has 0 radical (unpaired) electrons. The number of pyridine rings is 1. The lowest BCUT2D eigenvalue weighted by atomic mass is 10.2. The first-order valence-electron chi connectivity index (χ1n) is 6.32. The van der Waals surface area contributed by atoms with E-state index in [9.17, 15) is 10.1 Å². The second-order valence-corrected chi connectivity index (χ2v) is 5.25. The maximum absolute atomic E-state index is 10.6. The number of nitrogens with zero attached hydrogens (tertiary/aromatic N) is 4. The van der Waals surface area contributed by atoms with Crippen LogP contribution >= 0.6 is 11.8 Å². The molecule has 0 aliphatic rings. The van der Waals surface area contributed by atoms with Crippen molar-refractivity contribution >= 4 is 17.4 Å². The van der Waals surface area contributed by atoms with Gasteiger partial charge in [0.1, 0.15) is 0 Å². The van der Waals surface area contributed by atoms with Crippen molar-refractivity contribution in [2.24, 2.45) is 0 Å². The number of benzene rings is 1. The molecule has 3 aromatic rings. The molecule has 1 aromatic carbocycles. The van der Waals surface area contributed by atoms with E-state index < -0.39 is 4.92 Å². The summed E-state index contributed by atoms with van der Waals surface area (Å²) in [5.41, 5.74) is 1.78. The van der Waals surface area contributed by atoms with E-state index in [1.165, 1.54) is 23.9 Å². The largest absolute Gasteiger partial charge is 0.411 e. The minimum Gasteiger partial charge on any atom is -0.411 e. The number of hydrogen-bond acceptors (Lipinski definition) is 7. The minimum absolute atomic E-state index is 0.0237. The van der Waals surface area contributed by atoms with Crippen LogP contribution in [0.1, 0.15) is 5.56 Å². The van der Waals surface area contributed by atoms with E-state index in [0.29, 0.717) is 22.4 Å². The molecule has 8 heteroatoms. The maximum Gasteiger partial charge on any atom is 0.277 e. The van der Waals surface area contributed by atoms with Gasteiger partial charge in [0.2, 0.25) is 5.89 Å². The van der Waals surface area contributed by atoms with Crippen molar-refractivity contribution in [2.45, 2.75) is 11.0 Å². The molecule has 0 bridgehead atoms. The van der Waals surface area contributed by atoms with E-state index in [1.54, 1.807) is 24.5 Å². The number of rotatable bonds is 5. The standard InChI is InChI=1S/C14H10N4O3S/c19-18(20)12-3-1-11(2-4-12)13-16-17-14(21-13)22-9-10-5-7-15-8-6-10/h1-8H,9H2. The molecule has 0 spiro atoms. The van der Waals surface area contributed by atoms with Gasteiger partial charge < -0.3 is 4.42 Å². The second-order valence-electron chi connectivity index (χ2n) is 4.32. The van der Waals surface area contributed by atoms with E-state index in [0.717, 1.165) is 5.56 Å². The Morgan fingerprint density at radius 3 is 2.50 bits per heavy atom. The molecular weight excluding hydrogens is 304 g/mol. The highest BCUT2D eigenvalue weighted by atomic mass is 32.2. The van der Waals surface area contributed by atoms with Gasteiger partial charge >= 0.3 is 0 Å². The average molecular weight is 314 g/mol. The first-order valence-corrected chi connectivity index (χ1v) is 7.31. The van der Waals surface area contributed by atoms with Gasteiger partial charge in [-0.2, -0.15) is 0 Å². The molecule has 7 nitrogen and oxygen atoms in total. The lowest BCUT2D eigenvalue weighted by Crippen LogP contribution is -1.87. The molecule has 2 aromatic heterocycles. The fourth-order valence-electron chi connectivity index (χ4n) is 1.73. The van der Waals surface area contributed by atoms with Crippen molar-refractivity contribution in [3.63, 3.8) is 0 Å². The van der Waals surface area contributed by atoms with Gasteiger partial charge in [-0.05, 0) is 29.8 Å². The van der Waals surface area contributed by atoms with Gasteiger partial charge in [-0.15, -0.1) is 10.2 Å². The Hall–Kier alpha value is -2.74. The smallest absolute Gasteiger partial charge is 0.277 e. The Balaban J connectivity index is 1.69. The van der Waals surface area contributed by atoms with E-state index in [-0.39, 0.29) is 5.69 Å². The fraction of sp³-hybridized carbons (Fsp3) is 0.0714. The van der Waals surface area contributed by atoms with Gasteiger partial charge in [0.15, 0.2) is 0 Å². The summed E-state index contributed by atoms with van der Waals surface area (Å²) >= 11 is 1.42. The van der Waals surface area contributed by atoms with Gasteiger partial charge in [-0.3, -0.25) is 15.1 Å². The molecule has 0 fully saturated rings. The molecule has 0 saturated carbocycles. The monoisotopic (exact) mass is 314 g/mol. The van der Waals surface area contributed by atoms with E-state index >= 15 is 0 Å². The van der Waals surface area contributed by atoms with Crippen LogP contribution in [0.4, 0.5) is 5.69 Å². The van der Waals surface area contributed by atoms with Crippen LogP contribution in [-0.4, -0.2) is 20.1 Å². The highest BCUT2D eigenvalue weighted by molar-refractivity contribution is 7.98. The maximum atomic E-state index is 10.6. The number of aromatic nitrogens is 3. The highest BCUT2D eigenvalue weighted by Crippen LogP contribution is 2.26. The van der Waals surface area contributed by atoms with Crippen LogP contribution in [0.15, 0.2) is 58.4 Å². The number of hydrogen-bond donors (Lipinski definition) is 0. The first-order chi connectivity index (χ1) is 10.7. The van der Waals surface area contributed by atoms with Crippen molar-refractivity contribution in [3.8, 4) is 11.5 Å². The summed E-state index contributed by atoms with van der Waals surface area (Å²) in [5.74, 6) is 1.04. The van der Waals surface area contributed by atoms with Crippen molar-refractivity contribution < 1.29 is 9.34 Å². The lowest BCUT2D eigenvalue weighted by molar-refractivity contribution is -0.384. The van der Waals surface area contributed by atoms with Crippen LogP contribution < -0.4 is 0 Å². The molecule has 3 rings (SSSR count). The van der Waals surface area contributed by atoms with Crippen LogP contribution in [0.2, 0.25) is 0 Å². The van der Waals surface area contributed by atoms with Crippen LogP contribution in [-0.2, 0) is 5.75 Å². The molecule has 0 N–H and O–H groups in total. The predicted molar refractivity (Wildman–Crippen MR) is 80.2 cm³/mol. The van der Waals surface area contributed by atoms with Gasteiger partial charge in [0, 0.05) is 35.8 Å². The molecule has 0 aliphatic heterocycles. The lowest BCUT2D eigenvalue weighted by Gasteiger charge is -1.96. The third kappa shape index (κ3) is 3.29. The van der Waals surface area contributed by atoms with Crippen LogP contribution in [0.25, 0.3) is 11.5 Å². The Labute approximate surface area is 129 Å². The number of nitro benzene ring substituents is 1. The van der Waals surface area contributed by atoms with Crippen LogP contribution in [0.5, 0.6) is 0 Å². The van der Waals surface area contributed by atoms with Crippen molar-refractivity contribution in [3.05, 3.63) is 64.5 Å². The summed E-state index contributed by atoms with van der Waals surface area (Å²) < 4.78 is 5.55. The third-order valence-corrected chi connectivity index (χ3v) is 3.73. The minimum atomic E-state index is -0.451. The van der Waals surface area contributed by atoms with E-state index in [2.05, 4.69) is 15.2 Å². The Morgan fingerprint density at radius 1 is 1.09 bits per heavy atom. The molecule has 0 saturated heterocycles. The number of thioether (sulfide) groups is 1. The van der Waals surface area contributed by atoms with E-state index in [4.69, 9.17) is 4.42 Å². The van der Waals surface area contributed by atoms with Crippen molar-refractivity contribution in [1.82, 2.24) is 15.2 Å². The first kappa shape index (κ1) is 14.2. The Morgan fingerprint density at radius 2 is 1.82 bits per heavy atom. The molecule has 0 unspecified atom stereocenters. The second kappa shape index (κ2) is 6.35. The van der Waals surface area contributed by atoms with Gasteiger partial charge in [-0.25, -0.2) is 0 Å². The molecule has 110 valence electrons. The van der Waals surface area contributed by atoms with E-state index in [1.807, 2.05) is 12.1 Å². The predicted octanol–water partition coefficient (Wildman–Crippen LogP) is 3.33. The van der Waals surface area contributed by atoms with Crippen LogP contribution in [0, 0.1) is 10.1 Å². The van der Waals surface area contributed by atoms with Crippen molar-refractivity contribution in [1.29, 1.82) is 0 Å². The summed E-state index contributed by atoms with van der Waals surface area (Å²) in [7, 11) is 0. The van der Waals surface area contributed by atoms with Gasteiger partial charge in [0.25, 0.3) is 10.9 Å². The number of non-ortho nitro benzene ring substituents is 1. The molecule has 22 heavy (non-hydrogen) atoms. The van der Waals surface area contributed by atoms with Crippen molar-refractivity contribution in [2.75, 3.05) is 0 Å². The zero-order valence-corrected chi connectivity index (χ0v) is 12.1. The summed E-state index contributed by atoms with van der Waals surface area (Å²) in [6.07, 6.45) is 3.46. The Kier molecular flexibility index (Phi) is 4.10. The molecule has 0 amide bonds. The zero-order valence-electron chi connectivity index (χ0n) is 11.2. The average Bonchev–Trinajstić information content (AvgIpc) is 3.03. The van der Waals surface area contributed by atoms with Gasteiger partial charge in [0.05, 0.1) is 4.92 Å². The highest BCUT2D eigenvalue weighted by Gasteiger charge is 2.11. The summed E-state index contributed by atoms with van der Waals surface area (Å²) in [6, 6.07) is 9.82. The molecule has 0 atom stereocenters. The fourth-order valence-corrected chi connectivity index (χ4v) is 2.45. The van der Waals surface area contributed by atoms with Crippen LogP contribution in [0.3, 0.4) is 0 Å². The summed E-state index contributed by atoms with van der Waals surface area (Å²) in [5, 5.41) is 19.0. The number of nitro groups is 1. The Bertz CT molecular complexity index is 774. The molecular formula is C14H10N4O3S. The van der Waals surface area contributed by atoms with Gasteiger partial charge in [-0.1, -0.05) is 11.8 Å². The molecule has 0 aliphatic carbocycles. The topological polar surface area (TPSA) is 95.0 Å². The SMILES string of the molecule is O=[N+]([O-])c1ccc(-c2nnc(SCc3ccncc3)o2)cc1. The quantitative estimate of drug-likeness (QED) is 0.405. The zero-order chi connectivity index (χ0) is 15.4. The third-order valence-electron chi connectivity index (χ3n) is 2.84. The summed E-state index contributed by atoms with van der Waals surface area (Å²) in [4.78, 5) is 14.1.